The molecular weight excluding hydrogens is 222 g/mol. The fourth-order valence-corrected chi connectivity index (χ4v) is 2.39. The largest absolute Gasteiger partial charge is 0.481 e. The maximum absolute atomic E-state index is 12.1. The highest BCUT2D eigenvalue weighted by atomic mass is 16.5. The van der Waals surface area contributed by atoms with E-state index in [2.05, 4.69) is 0 Å². The minimum Gasteiger partial charge on any atom is -0.481 e. The molecule has 1 saturated carbocycles. The first kappa shape index (κ1) is 12.4. The summed E-state index contributed by atoms with van der Waals surface area (Å²) in [5, 5.41) is 9.10. The van der Waals surface area contributed by atoms with E-state index in [0.29, 0.717) is 26.1 Å². The van der Waals surface area contributed by atoms with Gasteiger partial charge in [0.25, 0.3) is 0 Å². The molecule has 5 nitrogen and oxygen atoms in total. The van der Waals surface area contributed by atoms with Gasteiger partial charge in [-0.15, -0.1) is 0 Å². The molecule has 0 radical (unpaired) electrons. The minimum atomic E-state index is -0.815. The molecule has 17 heavy (non-hydrogen) atoms. The Bertz CT molecular complexity index is 343. The standard InChI is InChI=1S/C12H19NO4/c1-3-17-9-6-8(9)10(14)13-5-4-12(2,7-13)11(15)16/h8-9H,3-7H2,1-2H3,(H,15,16)/t8-,9+,12-/m0/s1. The highest BCUT2D eigenvalue weighted by Gasteiger charge is 2.50. The van der Waals surface area contributed by atoms with Gasteiger partial charge in [0.05, 0.1) is 17.4 Å². The lowest BCUT2D eigenvalue weighted by Gasteiger charge is -2.20. The van der Waals surface area contributed by atoms with Crippen LogP contribution in [0.25, 0.3) is 0 Å². The van der Waals surface area contributed by atoms with Gasteiger partial charge in [-0.1, -0.05) is 0 Å². The van der Waals surface area contributed by atoms with E-state index in [-0.39, 0.29) is 17.9 Å². The van der Waals surface area contributed by atoms with E-state index in [0.717, 1.165) is 6.42 Å². The number of amides is 1. The molecule has 2 rings (SSSR count). The predicted octanol–water partition coefficient (Wildman–Crippen LogP) is 0.735. The van der Waals surface area contributed by atoms with Crippen molar-refractivity contribution in [2.75, 3.05) is 19.7 Å². The number of carboxylic acids is 1. The number of aliphatic carboxylic acids is 1. The van der Waals surface area contributed by atoms with Gasteiger partial charge in [-0.2, -0.15) is 0 Å². The van der Waals surface area contributed by atoms with E-state index in [1.807, 2.05) is 6.92 Å². The van der Waals surface area contributed by atoms with Crippen LogP contribution >= 0.6 is 0 Å². The zero-order valence-corrected chi connectivity index (χ0v) is 10.3. The van der Waals surface area contributed by atoms with Gasteiger partial charge in [0.2, 0.25) is 5.91 Å². The first-order chi connectivity index (χ1) is 7.98. The Kier molecular flexibility index (Phi) is 3.12. The minimum absolute atomic E-state index is 0.0360. The molecule has 1 heterocycles. The molecule has 1 aliphatic carbocycles. The molecule has 5 heteroatoms. The number of hydrogen-bond donors (Lipinski definition) is 1. The third-order valence-electron chi connectivity index (χ3n) is 3.73. The van der Waals surface area contributed by atoms with Crippen LogP contribution in [0.2, 0.25) is 0 Å². The highest BCUT2D eigenvalue weighted by molar-refractivity contribution is 5.84. The van der Waals surface area contributed by atoms with Crippen molar-refractivity contribution in [2.45, 2.75) is 32.8 Å². The normalized spacial score (nSPS) is 36.0. The quantitative estimate of drug-likeness (QED) is 0.788. The average molecular weight is 241 g/mol. The molecule has 1 amide bonds. The summed E-state index contributed by atoms with van der Waals surface area (Å²) in [5.41, 5.74) is -0.772. The molecular formula is C12H19NO4. The second-order valence-electron chi connectivity index (χ2n) is 5.21. The number of carbonyl (C=O) groups excluding carboxylic acids is 1. The fraction of sp³-hybridized carbons (Fsp3) is 0.833. The zero-order valence-electron chi connectivity index (χ0n) is 10.3. The summed E-state index contributed by atoms with van der Waals surface area (Å²) in [6.07, 6.45) is 1.39. The Morgan fingerprint density at radius 3 is 2.76 bits per heavy atom. The lowest BCUT2D eigenvalue weighted by Crippen LogP contribution is -2.36. The summed E-state index contributed by atoms with van der Waals surface area (Å²) in [5.74, 6) is -0.788. The zero-order chi connectivity index (χ0) is 12.6. The van der Waals surface area contributed by atoms with Gasteiger partial charge in [-0.3, -0.25) is 9.59 Å². The van der Waals surface area contributed by atoms with Crippen LogP contribution in [0.4, 0.5) is 0 Å². The van der Waals surface area contributed by atoms with Crippen LogP contribution in [0.3, 0.4) is 0 Å². The Hall–Kier alpha value is -1.10. The number of hydrogen-bond acceptors (Lipinski definition) is 3. The lowest BCUT2D eigenvalue weighted by atomic mass is 9.90. The van der Waals surface area contributed by atoms with E-state index >= 15 is 0 Å². The van der Waals surface area contributed by atoms with E-state index in [9.17, 15) is 9.59 Å². The smallest absolute Gasteiger partial charge is 0.311 e. The van der Waals surface area contributed by atoms with Crippen molar-refractivity contribution in [1.82, 2.24) is 4.90 Å². The Morgan fingerprint density at radius 2 is 2.24 bits per heavy atom. The van der Waals surface area contributed by atoms with E-state index in [1.165, 1.54) is 0 Å². The summed E-state index contributed by atoms with van der Waals surface area (Å²) in [4.78, 5) is 24.8. The van der Waals surface area contributed by atoms with Gasteiger partial charge < -0.3 is 14.7 Å². The highest BCUT2D eigenvalue weighted by Crippen LogP contribution is 2.38. The number of carboxylic acid groups (broad SMARTS) is 1. The monoisotopic (exact) mass is 241 g/mol. The summed E-state index contributed by atoms with van der Waals surface area (Å²) in [6.45, 7) is 5.13. The number of ether oxygens (including phenoxy) is 1. The van der Waals surface area contributed by atoms with Crippen molar-refractivity contribution >= 4 is 11.9 Å². The lowest BCUT2D eigenvalue weighted by molar-refractivity contribution is -0.147. The second kappa shape index (κ2) is 4.29. The van der Waals surface area contributed by atoms with Gasteiger partial charge >= 0.3 is 5.97 Å². The first-order valence-corrected chi connectivity index (χ1v) is 6.12. The fourth-order valence-electron chi connectivity index (χ4n) is 2.39. The Labute approximate surface area is 101 Å². The Balaban J connectivity index is 1.89. The molecule has 2 aliphatic rings. The summed E-state index contributed by atoms with van der Waals surface area (Å²) < 4.78 is 5.38. The third-order valence-corrected chi connectivity index (χ3v) is 3.73. The van der Waals surface area contributed by atoms with Crippen molar-refractivity contribution in [3.63, 3.8) is 0 Å². The SMILES string of the molecule is CCO[C@@H]1C[C@@H]1C(=O)N1CC[C@](C)(C(=O)O)C1. The van der Waals surface area contributed by atoms with Crippen LogP contribution in [0.15, 0.2) is 0 Å². The molecule has 0 unspecified atom stereocenters. The first-order valence-electron chi connectivity index (χ1n) is 6.12. The van der Waals surface area contributed by atoms with Gasteiger partial charge in [0.1, 0.15) is 0 Å². The molecule has 1 aliphatic heterocycles. The maximum Gasteiger partial charge on any atom is 0.311 e. The second-order valence-corrected chi connectivity index (χ2v) is 5.21. The van der Waals surface area contributed by atoms with Gasteiger partial charge in [-0.05, 0) is 26.7 Å². The van der Waals surface area contributed by atoms with Gasteiger partial charge in [0.15, 0.2) is 0 Å². The van der Waals surface area contributed by atoms with Crippen LogP contribution < -0.4 is 0 Å². The van der Waals surface area contributed by atoms with Crippen molar-refractivity contribution in [2.24, 2.45) is 11.3 Å². The van der Waals surface area contributed by atoms with Crippen molar-refractivity contribution in [3.05, 3.63) is 0 Å². The van der Waals surface area contributed by atoms with Crippen molar-refractivity contribution < 1.29 is 19.4 Å². The average Bonchev–Trinajstić information content (AvgIpc) is 2.91. The van der Waals surface area contributed by atoms with Crippen LogP contribution in [0.1, 0.15) is 26.7 Å². The molecule has 0 aromatic heterocycles. The molecule has 0 aromatic rings. The summed E-state index contributed by atoms with van der Waals surface area (Å²) in [7, 11) is 0. The van der Waals surface area contributed by atoms with Crippen LogP contribution in [-0.4, -0.2) is 47.7 Å². The van der Waals surface area contributed by atoms with Crippen LogP contribution in [0, 0.1) is 11.3 Å². The van der Waals surface area contributed by atoms with E-state index in [1.54, 1.807) is 11.8 Å². The Morgan fingerprint density at radius 1 is 1.53 bits per heavy atom. The summed E-state index contributed by atoms with van der Waals surface area (Å²) in [6, 6.07) is 0. The number of carbonyl (C=O) groups is 2. The van der Waals surface area contributed by atoms with Gasteiger partial charge in [0, 0.05) is 19.7 Å². The molecule has 0 bridgehead atoms. The number of nitrogens with zero attached hydrogens (tertiary/aromatic N) is 1. The summed E-state index contributed by atoms with van der Waals surface area (Å²) >= 11 is 0. The maximum atomic E-state index is 12.1. The third kappa shape index (κ3) is 2.29. The van der Waals surface area contributed by atoms with E-state index in [4.69, 9.17) is 9.84 Å². The topological polar surface area (TPSA) is 66.8 Å². The molecule has 2 fully saturated rings. The van der Waals surface area contributed by atoms with Crippen LogP contribution in [-0.2, 0) is 14.3 Å². The van der Waals surface area contributed by atoms with E-state index < -0.39 is 11.4 Å². The molecule has 0 spiro atoms. The van der Waals surface area contributed by atoms with Crippen LogP contribution in [0.5, 0.6) is 0 Å². The molecule has 96 valence electrons. The predicted molar refractivity (Wildman–Crippen MR) is 60.5 cm³/mol. The number of likely N-dealkylation sites (tertiary alicyclic amines) is 1. The number of rotatable bonds is 4. The van der Waals surface area contributed by atoms with Crippen molar-refractivity contribution in [3.8, 4) is 0 Å². The molecule has 1 saturated heterocycles. The molecule has 1 N–H and O–H groups in total. The molecule has 3 atom stereocenters. The van der Waals surface area contributed by atoms with Gasteiger partial charge in [-0.25, -0.2) is 0 Å². The molecule has 0 aromatic carbocycles. The van der Waals surface area contributed by atoms with Crippen molar-refractivity contribution in [1.29, 1.82) is 0 Å².